The van der Waals surface area contributed by atoms with E-state index in [0.717, 1.165) is 10.8 Å². The van der Waals surface area contributed by atoms with Crippen LogP contribution < -0.4 is 10.1 Å². The van der Waals surface area contributed by atoms with Gasteiger partial charge in [-0.05, 0) is 31.2 Å². The maximum absolute atomic E-state index is 12.2. The fourth-order valence-corrected chi connectivity index (χ4v) is 2.93. The van der Waals surface area contributed by atoms with Gasteiger partial charge < -0.3 is 14.8 Å². The van der Waals surface area contributed by atoms with Crippen LogP contribution in [0.4, 0.5) is 5.69 Å². The highest BCUT2D eigenvalue weighted by molar-refractivity contribution is 6.35. The summed E-state index contributed by atoms with van der Waals surface area (Å²) in [4.78, 5) is 24.4. The molecule has 0 spiro atoms. The van der Waals surface area contributed by atoms with Gasteiger partial charge in [-0.2, -0.15) is 5.26 Å². The number of anilines is 1. The lowest BCUT2D eigenvalue weighted by atomic mass is 10.1. The molecule has 0 aliphatic heterocycles. The zero-order valence-electron chi connectivity index (χ0n) is 15.5. The van der Waals surface area contributed by atoms with Crippen molar-refractivity contribution in [3.8, 4) is 11.8 Å². The molecule has 0 radical (unpaired) electrons. The van der Waals surface area contributed by atoms with E-state index >= 15 is 0 Å². The Morgan fingerprint density at radius 3 is 2.52 bits per heavy atom. The van der Waals surface area contributed by atoms with E-state index in [4.69, 9.17) is 26.3 Å². The molecule has 0 aliphatic carbocycles. The predicted molar refractivity (Wildman–Crippen MR) is 110 cm³/mol. The van der Waals surface area contributed by atoms with Gasteiger partial charge in [0, 0.05) is 15.8 Å². The smallest absolute Gasteiger partial charge is 0.344 e. The maximum Gasteiger partial charge on any atom is 0.344 e. The van der Waals surface area contributed by atoms with E-state index < -0.39 is 18.0 Å². The second-order valence-corrected chi connectivity index (χ2v) is 6.57. The topological polar surface area (TPSA) is 88.4 Å². The second-order valence-electron chi connectivity index (χ2n) is 6.16. The number of benzene rings is 3. The molecular weight excluding hydrogens is 392 g/mol. The molecule has 7 heteroatoms. The number of para-hydroxylation sites is 1. The van der Waals surface area contributed by atoms with Crippen molar-refractivity contribution in [2.45, 2.75) is 13.0 Å². The number of carbonyl (C=O) groups is 2. The van der Waals surface area contributed by atoms with E-state index in [1.54, 1.807) is 36.4 Å². The standard InChI is InChI=1S/C22H17ClN2O4/c1-14(22(27)25-19-9-5-2-6-15(19)12-24)29-21(26)13-28-20-11-10-18(23)16-7-3-4-8-17(16)20/h2-11,14H,13H2,1H3,(H,25,27)/t14-/m1/s1. The highest BCUT2D eigenvalue weighted by Crippen LogP contribution is 2.31. The molecule has 3 aromatic rings. The third-order valence-electron chi connectivity index (χ3n) is 4.16. The van der Waals surface area contributed by atoms with Crippen LogP contribution in [-0.2, 0) is 14.3 Å². The Labute approximate surface area is 172 Å². The number of nitrogens with one attached hydrogen (secondary N) is 1. The number of carbonyl (C=O) groups excluding carboxylic acids is 2. The predicted octanol–water partition coefficient (Wildman–Crippen LogP) is 4.31. The molecule has 0 saturated heterocycles. The average Bonchev–Trinajstić information content (AvgIpc) is 2.73. The summed E-state index contributed by atoms with van der Waals surface area (Å²) in [6.07, 6.45) is -1.06. The molecule has 3 rings (SSSR count). The molecule has 3 aromatic carbocycles. The van der Waals surface area contributed by atoms with Gasteiger partial charge in [-0.25, -0.2) is 4.79 Å². The Kier molecular flexibility index (Phi) is 6.32. The summed E-state index contributed by atoms with van der Waals surface area (Å²) >= 11 is 6.17. The van der Waals surface area contributed by atoms with Crippen LogP contribution in [0.3, 0.4) is 0 Å². The number of hydrogen-bond donors (Lipinski definition) is 1. The van der Waals surface area contributed by atoms with Gasteiger partial charge in [-0.3, -0.25) is 4.79 Å². The first-order chi connectivity index (χ1) is 14.0. The Hall–Kier alpha value is -3.56. The Bertz CT molecular complexity index is 1110. The van der Waals surface area contributed by atoms with Gasteiger partial charge in [0.25, 0.3) is 5.91 Å². The van der Waals surface area contributed by atoms with Crippen LogP contribution in [0.1, 0.15) is 12.5 Å². The van der Waals surface area contributed by atoms with Gasteiger partial charge in [-0.1, -0.05) is 48.0 Å². The second kappa shape index (κ2) is 9.09. The maximum atomic E-state index is 12.2. The number of nitriles is 1. The summed E-state index contributed by atoms with van der Waals surface area (Å²) in [5, 5.41) is 13.8. The highest BCUT2D eigenvalue weighted by Gasteiger charge is 2.19. The van der Waals surface area contributed by atoms with Crippen molar-refractivity contribution in [2.24, 2.45) is 0 Å². The number of halogens is 1. The molecule has 0 heterocycles. The summed E-state index contributed by atoms with van der Waals surface area (Å²) in [6.45, 7) is 1.08. The van der Waals surface area contributed by atoms with Crippen LogP contribution in [0.5, 0.6) is 5.75 Å². The third-order valence-corrected chi connectivity index (χ3v) is 4.49. The quantitative estimate of drug-likeness (QED) is 0.614. The van der Waals surface area contributed by atoms with Gasteiger partial charge in [-0.15, -0.1) is 0 Å². The molecule has 0 fully saturated rings. The largest absolute Gasteiger partial charge is 0.481 e. The van der Waals surface area contributed by atoms with Gasteiger partial charge >= 0.3 is 5.97 Å². The lowest BCUT2D eigenvalue weighted by Gasteiger charge is -2.15. The Morgan fingerprint density at radius 1 is 1.07 bits per heavy atom. The summed E-state index contributed by atoms with van der Waals surface area (Å²) in [7, 11) is 0. The minimum absolute atomic E-state index is 0.317. The molecule has 0 aromatic heterocycles. The molecule has 29 heavy (non-hydrogen) atoms. The van der Waals surface area contributed by atoms with Crippen LogP contribution in [0.15, 0.2) is 60.7 Å². The van der Waals surface area contributed by atoms with E-state index in [-0.39, 0.29) is 6.61 Å². The van der Waals surface area contributed by atoms with Crippen molar-refractivity contribution in [3.63, 3.8) is 0 Å². The molecule has 0 unspecified atom stereocenters. The number of ether oxygens (including phenoxy) is 2. The lowest BCUT2D eigenvalue weighted by Crippen LogP contribution is -2.31. The first kappa shape index (κ1) is 20.2. The number of fused-ring (bicyclic) bond motifs is 1. The van der Waals surface area contributed by atoms with Gasteiger partial charge in [0.05, 0.1) is 11.3 Å². The molecule has 0 bridgehead atoms. The molecular formula is C22H17ClN2O4. The van der Waals surface area contributed by atoms with Gasteiger partial charge in [0.15, 0.2) is 12.7 Å². The fourth-order valence-electron chi connectivity index (χ4n) is 2.71. The Balaban J connectivity index is 1.59. The van der Waals surface area contributed by atoms with Crippen molar-refractivity contribution in [1.29, 1.82) is 5.26 Å². The minimum atomic E-state index is -1.06. The summed E-state index contributed by atoms with van der Waals surface area (Å²) in [5.41, 5.74) is 0.670. The van der Waals surface area contributed by atoms with E-state index in [0.29, 0.717) is 22.0 Å². The van der Waals surface area contributed by atoms with Gasteiger partial charge in [0.1, 0.15) is 11.8 Å². The number of hydrogen-bond acceptors (Lipinski definition) is 5. The number of nitrogens with zero attached hydrogens (tertiary/aromatic N) is 1. The molecule has 146 valence electrons. The average molecular weight is 409 g/mol. The van der Waals surface area contributed by atoms with Crippen LogP contribution in [0.25, 0.3) is 10.8 Å². The van der Waals surface area contributed by atoms with E-state index in [1.807, 2.05) is 30.3 Å². The monoisotopic (exact) mass is 408 g/mol. The molecule has 6 nitrogen and oxygen atoms in total. The number of esters is 1. The van der Waals surface area contributed by atoms with Crippen LogP contribution in [0, 0.1) is 11.3 Å². The van der Waals surface area contributed by atoms with Crippen LogP contribution in [0.2, 0.25) is 5.02 Å². The van der Waals surface area contributed by atoms with E-state index in [1.165, 1.54) is 6.92 Å². The van der Waals surface area contributed by atoms with Gasteiger partial charge in [0.2, 0.25) is 0 Å². The van der Waals surface area contributed by atoms with Crippen molar-refractivity contribution < 1.29 is 19.1 Å². The zero-order valence-corrected chi connectivity index (χ0v) is 16.3. The number of rotatable bonds is 6. The lowest BCUT2D eigenvalue weighted by molar-refractivity contribution is -0.155. The van der Waals surface area contributed by atoms with Crippen molar-refractivity contribution in [1.82, 2.24) is 0 Å². The SMILES string of the molecule is C[C@@H](OC(=O)COc1ccc(Cl)c2ccccc12)C(=O)Nc1ccccc1C#N. The van der Waals surface area contributed by atoms with Crippen molar-refractivity contribution in [3.05, 3.63) is 71.2 Å². The number of amides is 1. The van der Waals surface area contributed by atoms with E-state index in [9.17, 15) is 9.59 Å². The third kappa shape index (κ3) is 4.84. The zero-order chi connectivity index (χ0) is 20.8. The summed E-state index contributed by atoms with van der Waals surface area (Å²) in [6, 6.07) is 19.3. The van der Waals surface area contributed by atoms with E-state index in [2.05, 4.69) is 5.32 Å². The van der Waals surface area contributed by atoms with Crippen LogP contribution >= 0.6 is 11.6 Å². The van der Waals surface area contributed by atoms with Crippen molar-refractivity contribution in [2.75, 3.05) is 11.9 Å². The summed E-state index contributed by atoms with van der Waals surface area (Å²) < 4.78 is 10.7. The molecule has 1 atom stereocenters. The van der Waals surface area contributed by atoms with Crippen LogP contribution in [-0.4, -0.2) is 24.6 Å². The highest BCUT2D eigenvalue weighted by atomic mass is 35.5. The normalized spacial score (nSPS) is 11.3. The molecule has 1 N–H and O–H groups in total. The molecule has 1 amide bonds. The Morgan fingerprint density at radius 2 is 1.76 bits per heavy atom. The molecule has 0 saturated carbocycles. The first-order valence-electron chi connectivity index (χ1n) is 8.79. The first-order valence-corrected chi connectivity index (χ1v) is 9.17. The summed E-state index contributed by atoms with van der Waals surface area (Å²) in [5.74, 6) is -0.750. The fraction of sp³-hybridized carbons (Fsp3) is 0.136. The minimum Gasteiger partial charge on any atom is -0.481 e. The van der Waals surface area contributed by atoms with Crippen molar-refractivity contribution >= 4 is 39.9 Å². The molecule has 0 aliphatic rings.